The summed E-state index contributed by atoms with van der Waals surface area (Å²) in [4.78, 5) is 12.2. The van der Waals surface area contributed by atoms with Crippen LogP contribution < -0.4 is 10.6 Å². The van der Waals surface area contributed by atoms with Gasteiger partial charge in [-0.3, -0.25) is 4.79 Å². The summed E-state index contributed by atoms with van der Waals surface area (Å²) in [6.07, 6.45) is -5.58. The molecule has 16 heteroatoms. The SMILES string of the molecule is CN[C@@H]1C(O)[C@H](NC)[C@H]2O[C@@]3(O)C(=O)CC(C)O[C@H]3O[C@@H]2[C@H]1O.Cl.Cl.O.O.O.O.O. The molecule has 0 amide bonds. The normalized spacial score (nSPS) is 41.1. The highest BCUT2D eigenvalue weighted by Gasteiger charge is 2.63. The van der Waals surface area contributed by atoms with E-state index in [0.29, 0.717) is 0 Å². The highest BCUT2D eigenvalue weighted by molar-refractivity contribution is 5.87. The number of aliphatic hydroxyl groups excluding tert-OH is 2. The van der Waals surface area contributed by atoms with Gasteiger partial charge >= 0.3 is 0 Å². The number of rotatable bonds is 2. The van der Waals surface area contributed by atoms with Crippen LogP contribution in [-0.4, -0.2) is 117 Å². The molecule has 2 saturated heterocycles. The molecule has 0 radical (unpaired) electrons. The number of hydrogen-bond donors (Lipinski definition) is 5. The van der Waals surface area contributed by atoms with Gasteiger partial charge in [-0.05, 0) is 21.0 Å². The van der Waals surface area contributed by atoms with E-state index < -0.39 is 60.5 Å². The van der Waals surface area contributed by atoms with Crippen LogP contribution in [0.4, 0.5) is 0 Å². The number of carbonyl (C=O) groups is 1. The van der Waals surface area contributed by atoms with Crippen LogP contribution in [0.15, 0.2) is 0 Å². The summed E-state index contributed by atoms with van der Waals surface area (Å²) in [5.74, 6) is -2.76. The van der Waals surface area contributed by atoms with Crippen molar-refractivity contribution in [3.8, 4) is 0 Å². The molecular formula is C14H36Cl2N2O12. The van der Waals surface area contributed by atoms with E-state index >= 15 is 0 Å². The van der Waals surface area contributed by atoms with Crippen LogP contribution in [0.25, 0.3) is 0 Å². The Bertz CT molecular complexity index is 496. The molecule has 3 aliphatic rings. The number of Topliss-reactive ketones (excluding diaryl/α,β-unsaturated/α-hetero) is 1. The Hall–Kier alpha value is -0.270. The number of fused-ring (bicyclic) bond motifs is 2. The lowest BCUT2D eigenvalue weighted by atomic mass is 9.80. The van der Waals surface area contributed by atoms with Gasteiger partial charge in [0, 0.05) is 6.42 Å². The van der Waals surface area contributed by atoms with Gasteiger partial charge in [-0.15, -0.1) is 24.8 Å². The number of halogens is 2. The van der Waals surface area contributed by atoms with Crippen molar-refractivity contribution < 1.29 is 61.7 Å². The van der Waals surface area contributed by atoms with Gasteiger partial charge in [0.25, 0.3) is 5.79 Å². The maximum Gasteiger partial charge on any atom is 0.280 e. The first-order valence-electron chi connectivity index (χ1n) is 7.78. The van der Waals surface area contributed by atoms with Crippen LogP contribution in [0.1, 0.15) is 13.3 Å². The first kappa shape index (κ1) is 40.1. The monoisotopic (exact) mass is 494 g/mol. The van der Waals surface area contributed by atoms with E-state index in [0.717, 1.165) is 0 Å². The third-order valence-corrected chi connectivity index (χ3v) is 4.93. The second-order valence-electron chi connectivity index (χ2n) is 6.40. The van der Waals surface area contributed by atoms with Gasteiger partial charge in [-0.25, -0.2) is 0 Å². The third-order valence-electron chi connectivity index (χ3n) is 4.93. The van der Waals surface area contributed by atoms with Crippen LogP contribution in [0.3, 0.4) is 0 Å². The maximum absolute atomic E-state index is 12.2. The molecule has 3 rings (SSSR count). The fraction of sp³-hybridized carbons (Fsp3) is 0.929. The molecule has 3 fully saturated rings. The largest absolute Gasteiger partial charge is 0.412 e. The van der Waals surface area contributed by atoms with Crippen LogP contribution >= 0.6 is 24.8 Å². The van der Waals surface area contributed by atoms with Gasteiger partial charge in [0.1, 0.15) is 18.3 Å². The summed E-state index contributed by atoms with van der Waals surface area (Å²) in [5.41, 5.74) is 0. The van der Waals surface area contributed by atoms with Crippen molar-refractivity contribution in [3.05, 3.63) is 0 Å². The molecule has 14 nitrogen and oxygen atoms in total. The molecule has 0 aromatic heterocycles. The highest BCUT2D eigenvalue weighted by Crippen LogP contribution is 2.40. The Labute approximate surface area is 185 Å². The summed E-state index contributed by atoms with van der Waals surface area (Å²) in [7, 11) is 3.24. The van der Waals surface area contributed by atoms with Crippen molar-refractivity contribution in [2.45, 2.75) is 68.0 Å². The van der Waals surface area contributed by atoms with Crippen molar-refractivity contribution in [2.75, 3.05) is 14.1 Å². The van der Waals surface area contributed by atoms with E-state index in [2.05, 4.69) is 10.6 Å². The lowest BCUT2D eigenvalue weighted by Crippen LogP contribution is -2.77. The summed E-state index contributed by atoms with van der Waals surface area (Å²) in [6.45, 7) is 1.70. The third kappa shape index (κ3) is 6.16. The quantitative estimate of drug-likeness (QED) is 0.243. The zero-order valence-electron chi connectivity index (χ0n) is 16.6. The van der Waals surface area contributed by atoms with E-state index in [9.17, 15) is 20.1 Å². The average Bonchev–Trinajstić information content (AvgIpc) is 2.49. The number of aliphatic hydroxyl groups is 3. The minimum Gasteiger partial charge on any atom is -0.412 e. The van der Waals surface area contributed by atoms with Crippen LogP contribution in [0.5, 0.6) is 0 Å². The number of carbonyl (C=O) groups excluding carboxylic acids is 1. The van der Waals surface area contributed by atoms with Gasteiger partial charge < -0.3 is 67.5 Å². The predicted octanol–water partition coefficient (Wildman–Crippen LogP) is -6.21. The minimum atomic E-state index is -2.23. The zero-order valence-corrected chi connectivity index (χ0v) is 18.3. The Balaban J connectivity index is -0.000000298. The molecule has 2 heterocycles. The number of ether oxygens (including phenoxy) is 3. The standard InChI is InChI=1S/C14H24N2O7.2ClH.5H2O/c1-5-4-6(17)14(20)13(21-5)22-12-10(19)7(15-2)9(18)8(16-3)11(12)23-14;;;;;;;/h5,7-13,15-16,18-20H,4H2,1-3H3;2*1H;5*1H2/t5?,7-,8+,9?,10+,11-,12-,13+,14+;;;;;;;/m1......./s1. The fourth-order valence-corrected chi connectivity index (χ4v) is 3.68. The van der Waals surface area contributed by atoms with E-state index in [4.69, 9.17) is 14.2 Å². The lowest BCUT2D eigenvalue weighted by Gasteiger charge is -2.55. The lowest BCUT2D eigenvalue weighted by molar-refractivity contribution is -0.420. The van der Waals surface area contributed by atoms with Crippen LogP contribution in [0, 0.1) is 0 Å². The summed E-state index contributed by atoms with van der Waals surface area (Å²) < 4.78 is 16.8. The predicted molar refractivity (Wildman–Crippen MR) is 109 cm³/mol. The van der Waals surface area contributed by atoms with E-state index in [-0.39, 0.29) is 58.6 Å². The molecule has 0 aromatic carbocycles. The molecule has 1 aliphatic carbocycles. The van der Waals surface area contributed by atoms with Gasteiger partial charge in [0.15, 0.2) is 5.78 Å². The molecule has 9 atom stereocenters. The molecule has 15 N–H and O–H groups in total. The number of ketones is 1. The summed E-state index contributed by atoms with van der Waals surface area (Å²) >= 11 is 0. The summed E-state index contributed by atoms with van der Waals surface area (Å²) in [5, 5.41) is 37.2. The van der Waals surface area contributed by atoms with Crippen molar-refractivity contribution in [2.24, 2.45) is 0 Å². The second-order valence-corrected chi connectivity index (χ2v) is 6.40. The van der Waals surface area contributed by atoms with Crippen LogP contribution in [-0.2, 0) is 19.0 Å². The molecule has 2 unspecified atom stereocenters. The molecule has 188 valence electrons. The second kappa shape index (κ2) is 14.7. The van der Waals surface area contributed by atoms with Crippen molar-refractivity contribution in [3.63, 3.8) is 0 Å². The topological polar surface area (TPSA) is 287 Å². The average molecular weight is 495 g/mol. The van der Waals surface area contributed by atoms with Crippen LogP contribution in [0.2, 0.25) is 0 Å². The van der Waals surface area contributed by atoms with Gasteiger partial charge in [0.2, 0.25) is 6.29 Å². The molecule has 0 bridgehead atoms. The molecule has 0 spiro atoms. The molecule has 1 saturated carbocycles. The smallest absolute Gasteiger partial charge is 0.280 e. The van der Waals surface area contributed by atoms with Gasteiger partial charge in [0.05, 0.1) is 24.3 Å². The zero-order chi connectivity index (χ0) is 16.9. The Morgan fingerprint density at radius 2 is 1.40 bits per heavy atom. The Morgan fingerprint density at radius 1 is 0.900 bits per heavy atom. The first-order chi connectivity index (χ1) is 10.8. The van der Waals surface area contributed by atoms with Crippen molar-refractivity contribution in [1.29, 1.82) is 0 Å². The van der Waals surface area contributed by atoms with E-state index in [1.165, 1.54) is 0 Å². The number of likely N-dealkylation sites (N-methyl/N-ethyl adjacent to an activating group) is 2. The maximum atomic E-state index is 12.2. The number of nitrogens with one attached hydrogen (secondary N) is 2. The number of hydrogen-bond acceptors (Lipinski definition) is 9. The Kier molecular flexibility index (Phi) is 19.7. The molecular weight excluding hydrogens is 459 g/mol. The highest BCUT2D eigenvalue weighted by atomic mass is 35.5. The minimum absolute atomic E-state index is 0. The first-order valence-corrected chi connectivity index (χ1v) is 7.78. The molecule has 0 aromatic rings. The van der Waals surface area contributed by atoms with E-state index in [1.54, 1.807) is 21.0 Å². The Morgan fingerprint density at radius 3 is 1.87 bits per heavy atom. The van der Waals surface area contributed by atoms with Gasteiger partial charge in [-0.1, -0.05) is 0 Å². The summed E-state index contributed by atoms with van der Waals surface area (Å²) in [6, 6.07) is -1.29. The molecule has 2 aliphatic heterocycles. The van der Waals surface area contributed by atoms with Crippen molar-refractivity contribution >= 4 is 30.6 Å². The van der Waals surface area contributed by atoms with E-state index in [1.807, 2.05) is 0 Å². The molecule has 30 heavy (non-hydrogen) atoms. The van der Waals surface area contributed by atoms with Gasteiger partial charge in [-0.2, -0.15) is 0 Å². The fourth-order valence-electron chi connectivity index (χ4n) is 3.68. The van der Waals surface area contributed by atoms with Crippen molar-refractivity contribution in [1.82, 2.24) is 10.6 Å².